The van der Waals surface area contributed by atoms with Crippen LogP contribution in [-0.2, 0) is 14.6 Å². The van der Waals surface area contributed by atoms with Gasteiger partial charge in [-0.1, -0.05) is 0 Å². The summed E-state index contributed by atoms with van der Waals surface area (Å²) < 4.78 is 22.8. The summed E-state index contributed by atoms with van der Waals surface area (Å²) in [6, 6.07) is -0.911. The summed E-state index contributed by atoms with van der Waals surface area (Å²) in [5.41, 5.74) is 5.01. The number of amides is 3. The van der Waals surface area contributed by atoms with E-state index in [0.29, 0.717) is 12.8 Å². The number of hydrogen-bond donors (Lipinski definition) is 3. The molecule has 140 valence electrons. The van der Waals surface area contributed by atoms with Gasteiger partial charge in [-0.25, -0.2) is 18.6 Å². The van der Waals surface area contributed by atoms with Crippen molar-refractivity contribution in [2.24, 2.45) is 23.2 Å². The summed E-state index contributed by atoms with van der Waals surface area (Å²) in [6.45, 7) is 0. The number of hydrogen-bond acceptors (Lipinski definition) is 4. The first-order valence-corrected chi connectivity index (χ1v) is 11.2. The molecule has 1 saturated heterocycles. The van der Waals surface area contributed by atoms with Gasteiger partial charge in [-0.05, 0) is 68.1 Å². The summed E-state index contributed by atoms with van der Waals surface area (Å²) in [4.78, 5) is 24.2. The Morgan fingerprint density at radius 2 is 1.56 bits per heavy atom. The Hall–Kier alpha value is -1.31. The molecule has 3 amide bonds. The largest absolute Gasteiger partial charge is 0.333 e. The SMILES string of the molecule is O=C(CC12CC3CC(CC(C3)C1)C2)NNC(=O)N[C@H]1CCS(=O)(=O)C1. The molecule has 1 atom stereocenters. The van der Waals surface area contributed by atoms with Crippen LogP contribution in [-0.4, -0.2) is 37.9 Å². The van der Waals surface area contributed by atoms with Crippen molar-refractivity contribution in [3.05, 3.63) is 0 Å². The number of sulfone groups is 1. The predicted octanol–water partition coefficient (Wildman–Crippen LogP) is 1.11. The lowest BCUT2D eigenvalue weighted by molar-refractivity contribution is -0.130. The van der Waals surface area contributed by atoms with E-state index in [0.717, 1.165) is 37.0 Å². The summed E-state index contributed by atoms with van der Waals surface area (Å²) >= 11 is 0. The number of rotatable bonds is 3. The van der Waals surface area contributed by atoms with E-state index in [1.54, 1.807) is 0 Å². The van der Waals surface area contributed by atoms with Crippen molar-refractivity contribution >= 4 is 21.8 Å². The van der Waals surface area contributed by atoms with Crippen LogP contribution in [0, 0.1) is 23.2 Å². The summed E-state index contributed by atoms with van der Waals surface area (Å²) in [7, 11) is -3.03. The molecule has 8 heteroatoms. The molecule has 0 spiro atoms. The second kappa shape index (κ2) is 6.14. The van der Waals surface area contributed by atoms with E-state index in [4.69, 9.17) is 0 Å². The van der Waals surface area contributed by atoms with Crippen LogP contribution in [0.5, 0.6) is 0 Å². The molecule has 0 aromatic heterocycles. The quantitative estimate of drug-likeness (QED) is 0.648. The van der Waals surface area contributed by atoms with Crippen LogP contribution in [0.25, 0.3) is 0 Å². The summed E-state index contributed by atoms with van der Waals surface area (Å²) in [5, 5.41) is 2.61. The normalized spacial score (nSPS) is 40.6. The fourth-order valence-corrected chi connectivity index (χ4v) is 7.82. The molecule has 3 N–H and O–H groups in total. The molecule has 1 aliphatic heterocycles. The summed E-state index contributed by atoms with van der Waals surface area (Å²) in [6.07, 6.45) is 8.38. The number of carbonyl (C=O) groups excluding carboxylic acids is 2. The van der Waals surface area contributed by atoms with Gasteiger partial charge in [0.1, 0.15) is 0 Å². The standard InChI is InChI=1S/C17H27N3O4S/c21-15(19-20-16(22)18-14-1-2-25(23,24)10-14)9-17-6-11-3-12(7-17)5-13(4-11)8-17/h11-14H,1-10H2,(H,19,21)(H2,18,20,22)/t11?,12?,13?,14-,17?/m0/s1. The van der Waals surface area contributed by atoms with E-state index in [-0.39, 0.29) is 28.9 Å². The minimum atomic E-state index is -3.03. The molecule has 0 radical (unpaired) electrons. The molecule has 5 fully saturated rings. The molecule has 4 saturated carbocycles. The van der Waals surface area contributed by atoms with E-state index in [1.165, 1.54) is 19.3 Å². The molecule has 25 heavy (non-hydrogen) atoms. The molecule has 4 aliphatic carbocycles. The molecule has 0 aromatic carbocycles. The molecular weight excluding hydrogens is 342 g/mol. The highest BCUT2D eigenvalue weighted by Crippen LogP contribution is 2.61. The van der Waals surface area contributed by atoms with Gasteiger partial charge in [-0.15, -0.1) is 0 Å². The molecule has 5 aliphatic rings. The van der Waals surface area contributed by atoms with Gasteiger partial charge in [0.05, 0.1) is 11.5 Å². The molecule has 1 heterocycles. The maximum Gasteiger partial charge on any atom is 0.333 e. The maximum atomic E-state index is 12.3. The zero-order valence-electron chi connectivity index (χ0n) is 14.4. The summed E-state index contributed by atoms with van der Waals surface area (Å²) in [5.74, 6) is 2.31. The zero-order chi connectivity index (χ0) is 17.7. The van der Waals surface area contributed by atoms with Crippen LogP contribution < -0.4 is 16.2 Å². The highest BCUT2D eigenvalue weighted by molar-refractivity contribution is 7.91. The van der Waals surface area contributed by atoms with Crippen molar-refractivity contribution in [1.29, 1.82) is 0 Å². The Bertz CT molecular complexity index is 640. The highest BCUT2D eigenvalue weighted by Gasteiger charge is 2.51. The van der Waals surface area contributed by atoms with Gasteiger partial charge in [-0.2, -0.15) is 0 Å². The van der Waals surface area contributed by atoms with E-state index in [9.17, 15) is 18.0 Å². The molecule has 0 unspecified atom stereocenters. The number of hydrazine groups is 1. The lowest BCUT2D eigenvalue weighted by Gasteiger charge is -2.56. The molecule has 7 nitrogen and oxygen atoms in total. The monoisotopic (exact) mass is 369 g/mol. The first kappa shape index (κ1) is 17.1. The van der Waals surface area contributed by atoms with E-state index < -0.39 is 15.9 Å². The van der Waals surface area contributed by atoms with Crippen molar-refractivity contribution in [1.82, 2.24) is 16.2 Å². The van der Waals surface area contributed by atoms with Crippen LogP contribution in [0.2, 0.25) is 0 Å². The molecule has 5 rings (SSSR count). The first-order valence-electron chi connectivity index (χ1n) is 9.37. The molecular formula is C17H27N3O4S. The second-order valence-electron chi connectivity index (χ2n) is 8.84. The number of carbonyl (C=O) groups is 2. The van der Waals surface area contributed by atoms with Crippen molar-refractivity contribution in [3.8, 4) is 0 Å². The van der Waals surface area contributed by atoms with Gasteiger partial charge in [0, 0.05) is 12.5 Å². The van der Waals surface area contributed by atoms with Crippen LogP contribution in [0.15, 0.2) is 0 Å². The van der Waals surface area contributed by atoms with E-state index in [2.05, 4.69) is 16.2 Å². The van der Waals surface area contributed by atoms with Gasteiger partial charge >= 0.3 is 6.03 Å². The van der Waals surface area contributed by atoms with Gasteiger partial charge < -0.3 is 5.32 Å². The fourth-order valence-electron chi connectivity index (χ4n) is 6.15. The highest BCUT2D eigenvalue weighted by atomic mass is 32.2. The van der Waals surface area contributed by atoms with Gasteiger partial charge in [0.15, 0.2) is 9.84 Å². The van der Waals surface area contributed by atoms with Crippen molar-refractivity contribution in [2.45, 2.75) is 57.4 Å². The fraction of sp³-hybridized carbons (Fsp3) is 0.882. The first-order chi connectivity index (χ1) is 11.8. The average molecular weight is 369 g/mol. The van der Waals surface area contributed by atoms with Crippen molar-refractivity contribution < 1.29 is 18.0 Å². The Labute approximate surface area is 148 Å². The van der Waals surface area contributed by atoms with Gasteiger partial charge in [0.25, 0.3) is 0 Å². The Morgan fingerprint density at radius 3 is 2.08 bits per heavy atom. The van der Waals surface area contributed by atoms with Crippen molar-refractivity contribution in [3.63, 3.8) is 0 Å². The lowest BCUT2D eigenvalue weighted by Crippen LogP contribution is -2.52. The number of urea groups is 1. The minimum Gasteiger partial charge on any atom is -0.333 e. The van der Waals surface area contributed by atoms with Gasteiger partial charge in [-0.3, -0.25) is 10.2 Å². The third kappa shape index (κ3) is 3.78. The third-order valence-electron chi connectivity index (χ3n) is 6.58. The third-order valence-corrected chi connectivity index (χ3v) is 8.35. The second-order valence-corrected chi connectivity index (χ2v) is 11.1. The Balaban J connectivity index is 1.24. The topological polar surface area (TPSA) is 104 Å². The minimum absolute atomic E-state index is 0.0261. The zero-order valence-corrected chi connectivity index (χ0v) is 15.2. The van der Waals surface area contributed by atoms with Crippen LogP contribution in [0.4, 0.5) is 4.79 Å². The average Bonchev–Trinajstić information content (AvgIpc) is 2.82. The predicted molar refractivity (Wildman–Crippen MR) is 92.1 cm³/mol. The lowest BCUT2D eigenvalue weighted by atomic mass is 9.49. The smallest absolute Gasteiger partial charge is 0.333 e. The number of nitrogens with one attached hydrogen (secondary N) is 3. The van der Waals surface area contributed by atoms with Crippen LogP contribution in [0.1, 0.15) is 51.4 Å². The van der Waals surface area contributed by atoms with E-state index in [1.807, 2.05) is 0 Å². The Kier molecular flexibility index (Phi) is 4.21. The van der Waals surface area contributed by atoms with Crippen LogP contribution >= 0.6 is 0 Å². The van der Waals surface area contributed by atoms with Crippen LogP contribution in [0.3, 0.4) is 0 Å². The van der Waals surface area contributed by atoms with Crippen molar-refractivity contribution in [2.75, 3.05) is 11.5 Å². The Morgan fingerprint density at radius 1 is 0.960 bits per heavy atom. The maximum absolute atomic E-state index is 12.3. The molecule has 4 bridgehead atoms. The van der Waals surface area contributed by atoms with Gasteiger partial charge in [0.2, 0.25) is 5.91 Å². The molecule has 0 aromatic rings. The van der Waals surface area contributed by atoms with E-state index >= 15 is 0 Å².